The molecule has 1 aliphatic rings. The molecule has 0 aliphatic heterocycles. The van der Waals surface area contributed by atoms with Crippen molar-refractivity contribution >= 4 is 23.2 Å². The van der Waals surface area contributed by atoms with Crippen LogP contribution in [0.5, 0.6) is 0 Å². The lowest BCUT2D eigenvalue weighted by atomic mass is 9.94. The second-order valence-corrected chi connectivity index (χ2v) is 5.22. The van der Waals surface area contributed by atoms with E-state index in [0.717, 1.165) is 19.4 Å². The van der Waals surface area contributed by atoms with Crippen LogP contribution in [0.2, 0.25) is 5.02 Å². The van der Waals surface area contributed by atoms with E-state index < -0.39 is 0 Å². The van der Waals surface area contributed by atoms with Gasteiger partial charge >= 0.3 is 0 Å². The van der Waals surface area contributed by atoms with Crippen LogP contribution in [0.25, 0.3) is 0 Å². The first kappa shape index (κ1) is 14.1. The Kier molecular flexibility index (Phi) is 5.43. The lowest BCUT2D eigenvalue weighted by Crippen LogP contribution is -2.32. The average molecular weight is 279 g/mol. The molecule has 4 heteroatoms. The highest BCUT2D eigenvalue weighted by molar-refractivity contribution is 6.33. The zero-order valence-corrected chi connectivity index (χ0v) is 11.6. The molecule has 102 valence electrons. The highest BCUT2D eigenvalue weighted by Gasteiger charge is 2.10. The van der Waals surface area contributed by atoms with Gasteiger partial charge < -0.3 is 10.6 Å². The summed E-state index contributed by atoms with van der Waals surface area (Å²) in [5.74, 6) is 0.595. The number of hydrogen-bond acceptors (Lipinski definition) is 2. The van der Waals surface area contributed by atoms with E-state index in [0.29, 0.717) is 23.2 Å². The van der Waals surface area contributed by atoms with Gasteiger partial charge in [-0.3, -0.25) is 4.79 Å². The van der Waals surface area contributed by atoms with Gasteiger partial charge in [0.05, 0.1) is 17.3 Å². The van der Waals surface area contributed by atoms with Crippen LogP contribution in [0.4, 0.5) is 5.69 Å². The van der Waals surface area contributed by atoms with E-state index in [9.17, 15) is 4.79 Å². The summed E-state index contributed by atoms with van der Waals surface area (Å²) in [5.41, 5.74) is 0.663. The van der Waals surface area contributed by atoms with Gasteiger partial charge in [-0.25, -0.2) is 0 Å². The van der Waals surface area contributed by atoms with Crippen molar-refractivity contribution in [2.45, 2.75) is 19.3 Å². The topological polar surface area (TPSA) is 41.1 Å². The molecule has 1 unspecified atom stereocenters. The summed E-state index contributed by atoms with van der Waals surface area (Å²) in [4.78, 5) is 11.8. The van der Waals surface area contributed by atoms with Gasteiger partial charge in [-0.15, -0.1) is 0 Å². The fraction of sp³-hybridized carbons (Fsp3) is 0.400. The molecule has 1 aromatic carbocycles. The van der Waals surface area contributed by atoms with Crippen LogP contribution >= 0.6 is 11.6 Å². The molecule has 1 amide bonds. The van der Waals surface area contributed by atoms with Crippen molar-refractivity contribution in [2.75, 3.05) is 18.4 Å². The molecule has 2 N–H and O–H groups in total. The van der Waals surface area contributed by atoms with E-state index in [1.165, 1.54) is 6.42 Å². The second kappa shape index (κ2) is 7.31. The smallest absolute Gasteiger partial charge is 0.238 e. The lowest BCUT2D eigenvalue weighted by Gasteiger charge is -2.18. The molecule has 0 saturated carbocycles. The first-order chi connectivity index (χ1) is 9.25. The Morgan fingerprint density at radius 1 is 1.32 bits per heavy atom. The monoisotopic (exact) mass is 278 g/mol. The zero-order chi connectivity index (χ0) is 13.5. The van der Waals surface area contributed by atoms with Gasteiger partial charge in [-0.2, -0.15) is 0 Å². The zero-order valence-electron chi connectivity index (χ0n) is 10.9. The standard InChI is InChI=1S/C15H19ClN2O/c16-13-8-4-5-9-14(13)18-15(19)11-17-10-12-6-2-1-3-7-12/h1-2,4-5,8-9,12,17H,3,6-7,10-11H2,(H,18,19). The van der Waals surface area contributed by atoms with E-state index in [1.54, 1.807) is 12.1 Å². The number of para-hydroxylation sites is 1. The van der Waals surface area contributed by atoms with E-state index >= 15 is 0 Å². The van der Waals surface area contributed by atoms with Gasteiger partial charge in [0.1, 0.15) is 0 Å². The molecule has 0 radical (unpaired) electrons. The normalized spacial score (nSPS) is 18.3. The summed E-state index contributed by atoms with van der Waals surface area (Å²) in [5, 5.41) is 6.57. The third-order valence-electron chi connectivity index (χ3n) is 3.24. The van der Waals surface area contributed by atoms with Crippen molar-refractivity contribution in [1.29, 1.82) is 0 Å². The Hall–Kier alpha value is -1.32. The lowest BCUT2D eigenvalue weighted by molar-refractivity contribution is -0.115. The van der Waals surface area contributed by atoms with E-state index in [2.05, 4.69) is 22.8 Å². The molecular formula is C15H19ClN2O. The Labute approximate surface area is 119 Å². The third-order valence-corrected chi connectivity index (χ3v) is 3.57. The van der Waals surface area contributed by atoms with Gasteiger partial charge in [0.25, 0.3) is 0 Å². The maximum atomic E-state index is 11.8. The summed E-state index contributed by atoms with van der Waals surface area (Å²) in [6, 6.07) is 7.25. The minimum atomic E-state index is -0.0561. The molecule has 1 aliphatic carbocycles. The molecule has 0 spiro atoms. The van der Waals surface area contributed by atoms with Crippen LogP contribution in [0, 0.1) is 5.92 Å². The van der Waals surface area contributed by atoms with Crippen LogP contribution in [0.3, 0.4) is 0 Å². The van der Waals surface area contributed by atoms with Crippen LogP contribution < -0.4 is 10.6 Å². The van der Waals surface area contributed by atoms with Crippen molar-refractivity contribution in [3.05, 3.63) is 41.4 Å². The highest BCUT2D eigenvalue weighted by Crippen LogP contribution is 2.20. The summed E-state index contributed by atoms with van der Waals surface area (Å²) >= 11 is 5.98. The van der Waals surface area contributed by atoms with Crippen molar-refractivity contribution in [3.63, 3.8) is 0 Å². The molecular weight excluding hydrogens is 260 g/mol. The molecule has 19 heavy (non-hydrogen) atoms. The number of halogens is 1. The number of benzene rings is 1. The summed E-state index contributed by atoms with van der Waals surface area (Å²) in [7, 11) is 0. The first-order valence-corrected chi connectivity index (χ1v) is 7.03. The van der Waals surface area contributed by atoms with Gasteiger partial charge in [0, 0.05) is 0 Å². The first-order valence-electron chi connectivity index (χ1n) is 6.66. The Morgan fingerprint density at radius 3 is 2.89 bits per heavy atom. The van der Waals surface area contributed by atoms with Crippen molar-refractivity contribution < 1.29 is 4.79 Å². The molecule has 0 saturated heterocycles. The van der Waals surface area contributed by atoms with Gasteiger partial charge in [-0.05, 0) is 43.9 Å². The van der Waals surface area contributed by atoms with Gasteiger partial charge in [0.15, 0.2) is 0 Å². The minimum absolute atomic E-state index is 0.0561. The fourth-order valence-corrected chi connectivity index (χ4v) is 2.37. The average Bonchev–Trinajstić information content (AvgIpc) is 2.43. The predicted octanol–water partition coefficient (Wildman–Crippen LogP) is 3.22. The third kappa shape index (κ3) is 4.69. The van der Waals surface area contributed by atoms with Crippen molar-refractivity contribution in [1.82, 2.24) is 5.32 Å². The molecule has 1 aromatic rings. The number of anilines is 1. The predicted molar refractivity (Wildman–Crippen MR) is 79.4 cm³/mol. The number of rotatable bonds is 5. The number of carbonyl (C=O) groups excluding carboxylic acids is 1. The fourth-order valence-electron chi connectivity index (χ4n) is 2.19. The molecule has 0 aromatic heterocycles. The second-order valence-electron chi connectivity index (χ2n) is 4.81. The van der Waals surface area contributed by atoms with Gasteiger partial charge in [-0.1, -0.05) is 35.9 Å². The van der Waals surface area contributed by atoms with E-state index in [1.807, 2.05) is 12.1 Å². The summed E-state index contributed by atoms with van der Waals surface area (Å²) in [6.07, 6.45) is 7.91. The van der Waals surface area contributed by atoms with Crippen LogP contribution in [0.15, 0.2) is 36.4 Å². The minimum Gasteiger partial charge on any atom is -0.324 e. The quantitative estimate of drug-likeness (QED) is 0.812. The largest absolute Gasteiger partial charge is 0.324 e. The summed E-state index contributed by atoms with van der Waals surface area (Å²) in [6.45, 7) is 1.21. The Bertz CT molecular complexity index is 459. The SMILES string of the molecule is O=C(CNCC1CC=CCC1)Nc1ccccc1Cl. The van der Waals surface area contributed by atoms with Crippen LogP contribution in [-0.2, 0) is 4.79 Å². The number of nitrogens with one attached hydrogen (secondary N) is 2. The summed E-state index contributed by atoms with van der Waals surface area (Å²) < 4.78 is 0. The van der Waals surface area contributed by atoms with E-state index in [4.69, 9.17) is 11.6 Å². The maximum Gasteiger partial charge on any atom is 0.238 e. The number of carbonyl (C=O) groups is 1. The molecule has 3 nitrogen and oxygen atoms in total. The number of allylic oxidation sites excluding steroid dienone is 2. The van der Waals surface area contributed by atoms with E-state index in [-0.39, 0.29) is 5.91 Å². The maximum absolute atomic E-state index is 11.8. The molecule has 0 bridgehead atoms. The molecule has 0 fully saturated rings. The Morgan fingerprint density at radius 2 is 2.16 bits per heavy atom. The van der Waals surface area contributed by atoms with Crippen LogP contribution in [0.1, 0.15) is 19.3 Å². The highest BCUT2D eigenvalue weighted by atomic mass is 35.5. The molecule has 2 rings (SSSR count). The van der Waals surface area contributed by atoms with Gasteiger partial charge in [0.2, 0.25) is 5.91 Å². The Balaban J connectivity index is 1.70. The van der Waals surface area contributed by atoms with Crippen LogP contribution in [-0.4, -0.2) is 19.0 Å². The molecule has 1 atom stereocenters. The van der Waals surface area contributed by atoms with Crippen molar-refractivity contribution in [2.24, 2.45) is 5.92 Å². The number of amides is 1. The van der Waals surface area contributed by atoms with Crippen molar-refractivity contribution in [3.8, 4) is 0 Å². The molecule has 0 heterocycles. The number of hydrogen-bond donors (Lipinski definition) is 2.